The standard InChI is InChI=1S/C33H46ClN3O4SSi/c1-32(2,3)41-31(39)37-18-23(16-24(37)20-40-43(7,8)33(4,5)6)36-13-9-10-21-14-22(34)15-27(29(21)36)26-11-12-35-28-17-25(19-38)42-30(26)28/h11-12,14-15,17,23-24,38H,9-10,13,16,18-20H2,1-8H3/t23-,24-/m0/s1. The van der Waals surface area contributed by atoms with E-state index in [-0.39, 0.29) is 29.8 Å². The van der Waals surface area contributed by atoms with E-state index in [1.807, 2.05) is 37.9 Å². The summed E-state index contributed by atoms with van der Waals surface area (Å²) in [6, 6.07) is 8.19. The number of aliphatic hydroxyl groups excluding tert-OH is 1. The van der Waals surface area contributed by atoms with Crippen LogP contribution in [0, 0.1) is 0 Å². The molecule has 3 aromatic rings. The fourth-order valence-electron chi connectivity index (χ4n) is 5.93. The fourth-order valence-corrected chi connectivity index (χ4v) is 8.21. The zero-order chi connectivity index (χ0) is 31.3. The van der Waals surface area contributed by atoms with Crippen LogP contribution in [0.15, 0.2) is 30.5 Å². The van der Waals surface area contributed by atoms with Crippen molar-refractivity contribution < 1.29 is 19.1 Å². The number of ether oxygens (including phenoxy) is 1. The van der Waals surface area contributed by atoms with E-state index in [1.165, 1.54) is 11.3 Å². The molecule has 2 aromatic heterocycles. The first-order valence-corrected chi connectivity index (χ1v) is 19.4. The molecule has 1 N–H and O–H groups in total. The summed E-state index contributed by atoms with van der Waals surface area (Å²) in [4.78, 5) is 23.4. The number of hydrogen-bond donors (Lipinski definition) is 1. The number of halogens is 1. The number of anilines is 1. The Morgan fingerprint density at radius 1 is 1.16 bits per heavy atom. The molecule has 5 rings (SSSR count). The second-order valence-corrected chi connectivity index (χ2v) is 20.8. The van der Waals surface area contributed by atoms with Gasteiger partial charge >= 0.3 is 6.09 Å². The van der Waals surface area contributed by atoms with Gasteiger partial charge in [0.05, 0.1) is 29.5 Å². The van der Waals surface area contributed by atoms with Crippen LogP contribution >= 0.6 is 22.9 Å². The molecule has 43 heavy (non-hydrogen) atoms. The van der Waals surface area contributed by atoms with Gasteiger partial charge in [0.15, 0.2) is 8.32 Å². The minimum absolute atomic E-state index is 0.0127. The molecular weight excluding hydrogens is 598 g/mol. The predicted octanol–water partition coefficient (Wildman–Crippen LogP) is 8.26. The largest absolute Gasteiger partial charge is 0.444 e. The van der Waals surface area contributed by atoms with Crippen LogP contribution in [0.25, 0.3) is 21.3 Å². The van der Waals surface area contributed by atoms with Crippen LogP contribution in [0.3, 0.4) is 0 Å². The van der Waals surface area contributed by atoms with Crippen molar-refractivity contribution in [1.29, 1.82) is 0 Å². The molecule has 234 valence electrons. The van der Waals surface area contributed by atoms with Crippen molar-refractivity contribution in [2.24, 2.45) is 0 Å². The summed E-state index contributed by atoms with van der Waals surface area (Å²) in [6.45, 7) is 19.0. The summed E-state index contributed by atoms with van der Waals surface area (Å²) in [7, 11) is -2.02. The van der Waals surface area contributed by atoms with Gasteiger partial charge in [-0.3, -0.25) is 4.98 Å². The lowest BCUT2D eigenvalue weighted by atomic mass is 9.92. The topological polar surface area (TPSA) is 75.1 Å². The third-order valence-corrected chi connectivity index (χ3v) is 15.0. The van der Waals surface area contributed by atoms with Gasteiger partial charge in [-0.2, -0.15) is 0 Å². The lowest BCUT2D eigenvalue weighted by Crippen LogP contribution is -2.47. The number of pyridine rings is 1. The van der Waals surface area contributed by atoms with Crippen LogP contribution in [0.4, 0.5) is 10.5 Å². The Hall–Kier alpha value is -2.17. The molecule has 0 radical (unpaired) electrons. The molecule has 0 bridgehead atoms. The Morgan fingerprint density at radius 2 is 1.91 bits per heavy atom. The molecule has 2 aliphatic heterocycles. The smallest absolute Gasteiger partial charge is 0.410 e. The maximum atomic E-state index is 13.6. The van der Waals surface area contributed by atoms with Crippen molar-refractivity contribution in [2.45, 2.75) is 103 Å². The lowest BCUT2D eigenvalue weighted by molar-refractivity contribution is 0.0180. The van der Waals surface area contributed by atoms with Crippen LogP contribution < -0.4 is 4.90 Å². The molecule has 1 fully saturated rings. The summed E-state index contributed by atoms with van der Waals surface area (Å²) >= 11 is 8.31. The van der Waals surface area contributed by atoms with E-state index in [1.54, 1.807) is 11.3 Å². The van der Waals surface area contributed by atoms with E-state index in [0.29, 0.717) is 18.2 Å². The van der Waals surface area contributed by atoms with Crippen LogP contribution in [0.5, 0.6) is 0 Å². The highest BCUT2D eigenvalue weighted by atomic mass is 35.5. The van der Waals surface area contributed by atoms with Gasteiger partial charge in [-0.15, -0.1) is 11.3 Å². The Labute approximate surface area is 266 Å². The third-order valence-electron chi connectivity index (χ3n) is 9.10. The molecule has 0 spiro atoms. The quantitative estimate of drug-likeness (QED) is 0.273. The van der Waals surface area contributed by atoms with Crippen molar-refractivity contribution in [3.05, 3.63) is 45.9 Å². The second-order valence-electron chi connectivity index (χ2n) is 14.4. The number of hydrogen-bond acceptors (Lipinski definition) is 7. The number of nitrogens with zero attached hydrogens (tertiary/aromatic N) is 3. The first kappa shape index (κ1) is 32.2. The molecule has 10 heteroatoms. The summed E-state index contributed by atoms with van der Waals surface area (Å²) < 4.78 is 13.6. The summed E-state index contributed by atoms with van der Waals surface area (Å²) in [6.07, 6.45) is 4.31. The van der Waals surface area contributed by atoms with E-state index in [9.17, 15) is 9.90 Å². The average molecular weight is 644 g/mol. The van der Waals surface area contributed by atoms with E-state index in [4.69, 9.17) is 20.8 Å². The molecule has 0 unspecified atom stereocenters. The average Bonchev–Trinajstić information content (AvgIpc) is 3.54. The first-order valence-electron chi connectivity index (χ1n) is 15.3. The number of rotatable bonds is 6. The summed E-state index contributed by atoms with van der Waals surface area (Å²) in [5.41, 5.74) is 4.85. The zero-order valence-corrected chi connectivity index (χ0v) is 29.4. The van der Waals surface area contributed by atoms with Crippen molar-refractivity contribution in [3.63, 3.8) is 0 Å². The SMILES string of the molecule is CC(C)(C)OC(=O)N1C[C@@H](N2CCCc3cc(Cl)cc(-c4ccnc5cc(CO)sc45)c32)C[C@H]1CO[Si](C)(C)C(C)(C)C. The second kappa shape index (κ2) is 12.0. The van der Waals surface area contributed by atoms with Gasteiger partial charge in [-0.25, -0.2) is 4.79 Å². The number of thiophene rings is 1. The van der Waals surface area contributed by atoms with Gasteiger partial charge in [0.2, 0.25) is 0 Å². The minimum atomic E-state index is -2.02. The molecule has 2 aliphatic rings. The fraction of sp³-hybridized carbons (Fsp3) is 0.576. The highest BCUT2D eigenvalue weighted by Gasteiger charge is 2.44. The summed E-state index contributed by atoms with van der Waals surface area (Å²) in [5.74, 6) is 0. The molecule has 1 saturated heterocycles. The number of likely N-dealkylation sites (tertiary alicyclic amines) is 1. The van der Waals surface area contributed by atoms with Crippen molar-refractivity contribution >= 4 is 53.3 Å². The zero-order valence-electron chi connectivity index (χ0n) is 26.8. The number of aliphatic hydroxyl groups is 1. The lowest BCUT2D eigenvalue weighted by Gasteiger charge is -2.38. The number of amides is 1. The van der Waals surface area contributed by atoms with Gasteiger partial charge < -0.3 is 24.1 Å². The van der Waals surface area contributed by atoms with Crippen LogP contribution in [0.1, 0.15) is 64.8 Å². The number of fused-ring (bicyclic) bond motifs is 2. The minimum Gasteiger partial charge on any atom is -0.444 e. The van der Waals surface area contributed by atoms with Gasteiger partial charge in [-0.05, 0) is 88.0 Å². The highest BCUT2D eigenvalue weighted by Crippen LogP contribution is 2.45. The van der Waals surface area contributed by atoms with Crippen LogP contribution in [-0.2, 0) is 22.2 Å². The van der Waals surface area contributed by atoms with Crippen molar-refractivity contribution in [2.75, 3.05) is 24.6 Å². The van der Waals surface area contributed by atoms with Gasteiger partial charge in [0.25, 0.3) is 0 Å². The first-order chi connectivity index (χ1) is 20.1. The molecular formula is C33H46ClN3O4SSi. The molecule has 0 aliphatic carbocycles. The number of carbonyl (C=O) groups is 1. The highest BCUT2D eigenvalue weighted by molar-refractivity contribution is 7.19. The number of benzene rings is 1. The van der Waals surface area contributed by atoms with Gasteiger partial charge in [0.1, 0.15) is 5.60 Å². The maximum absolute atomic E-state index is 13.6. The van der Waals surface area contributed by atoms with Crippen LogP contribution in [0.2, 0.25) is 23.2 Å². The van der Waals surface area contributed by atoms with Gasteiger partial charge in [0, 0.05) is 52.0 Å². The molecule has 7 nitrogen and oxygen atoms in total. The Kier molecular flexibility index (Phi) is 8.97. The Morgan fingerprint density at radius 3 is 2.58 bits per heavy atom. The Bertz CT molecular complexity index is 1500. The predicted molar refractivity (Wildman–Crippen MR) is 180 cm³/mol. The van der Waals surface area contributed by atoms with Crippen molar-refractivity contribution in [3.8, 4) is 11.1 Å². The molecule has 4 heterocycles. The van der Waals surface area contributed by atoms with E-state index in [2.05, 4.69) is 61.9 Å². The van der Waals surface area contributed by atoms with E-state index >= 15 is 0 Å². The molecule has 0 saturated carbocycles. The summed E-state index contributed by atoms with van der Waals surface area (Å²) in [5, 5.41) is 10.6. The number of aromatic nitrogens is 1. The normalized spacial score (nSPS) is 19.7. The van der Waals surface area contributed by atoms with E-state index in [0.717, 1.165) is 52.0 Å². The van der Waals surface area contributed by atoms with E-state index < -0.39 is 13.9 Å². The number of carbonyl (C=O) groups excluding carboxylic acids is 1. The monoisotopic (exact) mass is 643 g/mol. The Balaban J connectivity index is 1.53. The molecule has 2 atom stereocenters. The van der Waals surface area contributed by atoms with Crippen molar-refractivity contribution in [1.82, 2.24) is 9.88 Å². The number of aryl methyl sites for hydroxylation is 1. The van der Waals surface area contributed by atoms with Crippen LogP contribution in [-0.4, -0.2) is 66.8 Å². The maximum Gasteiger partial charge on any atom is 0.410 e. The molecule has 1 amide bonds. The van der Waals surface area contributed by atoms with Gasteiger partial charge in [-0.1, -0.05) is 32.4 Å². The molecule has 1 aromatic carbocycles. The third kappa shape index (κ3) is 6.76.